The molecule has 1 heterocycles. The Kier molecular flexibility index (Phi) is 7.64. The fourth-order valence-corrected chi connectivity index (χ4v) is 3.87. The van der Waals surface area contributed by atoms with E-state index in [1.165, 1.54) is 14.2 Å². The number of imide groups is 1. The molecule has 0 saturated heterocycles. The lowest BCUT2D eigenvalue weighted by Crippen LogP contribution is -2.32. The van der Waals surface area contributed by atoms with E-state index in [4.69, 9.17) is 25.8 Å². The summed E-state index contributed by atoms with van der Waals surface area (Å²) in [5.74, 6) is 0.0694. The highest BCUT2D eigenvalue weighted by Gasteiger charge is 2.39. The van der Waals surface area contributed by atoms with Gasteiger partial charge in [0.2, 0.25) is 0 Å². The molecule has 0 aliphatic carbocycles. The van der Waals surface area contributed by atoms with E-state index in [1.54, 1.807) is 66.7 Å². The number of halogens is 1. The van der Waals surface area contributed by atoms with Crippen LogP contribution in [0.3, 0.4) is 0 Å². The molecule has 0 radical (unpaired) electrons. The number of anilines is 3. The van der Waals surface area contributed by atoms with Gasteiger partial charge in [0.15, 0.2) is 0 Å². The first-order valence-electron chi connectivity index (χ1n) is 11.3. The minimum Gasteiger partial charge on any atom is -0.497 e. The first-order chi connectivity index (χ1) is 17.9. The molecule has 0 bridgehead atoms. The summed E-state index contributed by atoms with van der Waals surface area (Å²) in [6, 6.07) is 18.0. The average Bonchev–Trinajstić information content (AvgIpc) is 3.12. The summed E-state index contributed by atoms with van der Waals surface area (Å²) in [5.41, 5.74) is 1.60. The smallest absolute Gasteiger partial charge is 0.283 e. The summed E-state index contributed by atoms with van der Waals surface area (Å²) >= 11 is 6.22. The van der Waals surface area contributed by atoms with E-state index in [9.17, 15) is 14.4 Å². The summed E-state index contributed by atoms with van der Waals surface area (Å²) in [6.07, 6.45) is 0. The van der Waals surface area contributed by atoms with Crippen LogP contribution in [0.4, 0.5) is 17.1 Å². The van der Waals surface area contributed by atoms with Crippen LogP contribution in [0, 0.1) is 0 Å². The lowest BCUT2D eigenvalue weighted by Gasteiger charge is -2.16. The van der Waals surface area contributed by atoms with Gasteiger partial charge < -0.3 is 24.8 Å². The topological polar surface area (TPSA) is 106 Å². The fourth-order valence-electron chi connectivity index (χ4n) is 3.66. The van der Waals surface area contributed by atoms with Crippen molar-refractivity contribution in [2.24, 2.45) is 0 Å². The molecule has 0 unspecified atom stereocenters. The van der Waals surface area contributed by atoms with Crippen molar-refractivity contribution in [3.63, 3.8) is 0 Å². The highest BCUT2D eigenvalue weighted by Crippen LogP contribution is 2.32. The second-order valence-corrected chi connectivity index (χ2v) is 8.16. The second-order valence-electron chi connectivity index (χ2n) is 7.78. The van der Waals surface area contributed by atoms with Crippen molar-refractivity contribution in [2.45, 2.75) is 6.92 Å². The van der Waals surface area contributed by atoms with E-state index >= 15 is 0 Å². The number of methoxy groups -OCH3 is 2. The van der Waals surface area contributed by atoms with Gasteiger partial charge in [-0.2, -0.15) is 0 Å². The highest BCUT2D eigenvalue weighted by molar-refractivity contribution is 6.53. The van der Waals surface area contributed by atoms with E-state index in [0.717, 1.165) is 4.90 Å². The molecular weight excluding hydrogens is 498 g/mol. The maximum absolute atomic E-state index is 13.0. The summed E-state index contributed by atoms with van der Waals surface area (Å²) < 4.78 is 15.9. The SMILES string of the molecule is CCOc1ccc(N2C(=O)C(Cl)=C(Nc3ccc(C(=O)Nc4cc(OC)ccc4OC)cc3)C2=O)cc1. The van der Waals surface area contributed by atoms with Crippen molar-refractivity contribution in [1.82, 2.24) is 0 Å². The molecule has 0 spiro atoms. The van der Waals surface area contributed by atoms with Crippen LogP contribution < -0.4 is 29.7 Å². The number of rotatable bonds is 9. The normalized spacial score (nSPS) is 13.0. The molecular formula is C27H24ClN3O6. The Bertz CT molecular complexity index is 1370. The molecule has 3 aromatic rings. The molecule has 0 aromatic heterocycles. The standard InChI is InChI=1S/C27H24ClN3O6/c1-4-37-19-11-9-18(10-12-19)31-26(33)23(28)24(27(31)34)29-17-7-5-16(6-8-17)25(32)30-21-15-20(35-2)13-14-22(21)36-3/h5-15,29H,4H2,1-3H3,(H,30,32). The largest absolute Gasteiger partial charge is 0.497 e. The van der Waals surface area contributed by atoms with Crippen molar-refractivity contribution >= 4 is 46.4 Å². The number of hydrogen-bond donors (Lipinski definition) is 2. The van der Waals surface area contributed by atoms with Crippen molar-refractivity contribution in [2.75, 3.05) is 36.4 Å². The lowest BCUT2D eigenvalue weighted by atomic mass is 10.1. The van der Waals surface area contributed by atoms with Gasteiger partial charge >= 0.3 is 0 Å². The van der Waals surface area contributed by atoms with Gasteiger partial charge in [0.1, 0.15) is 28.0 Å². The number of nitrogens with zero attached hydrogens (tertiary/aromatic N) is 1. The third kappa shape index (κ3) is 5.36. The van der Waals surface area contributed by atoms with Crippen molar-refractivity contribution in [1.29, 1.82) is 0 Å². The van der Waals surface area contributed by atoms with Gasteiger partial charge in [-0.1, -0.05) is 11.6 Å². The minimum absolute atomic E-state index is 0.0566. The van der Waals surface area contributed by atoms with Crippen molar-refractivity contribution < 1.29 is 28.6 Å². The molecule has 190 valence electrons. The Morgan fingerprint density at radius 2 is 1.57 bits per heavy atom. The van der Waals surface area contributed by atoms with Gasteiger partial charge in [0, 0.05) is 17.3 Å². The zero-order valence-corrected chi connectivity index (χ0v) is 21.1. The predicted molar refractivity (Wildman–Crippen MR) is 141 cm³/mol. The molecule has 1 aliphatic heterocycles. The Hall–Kier alpha value is -4.50. The molecule has 0 saturated carbocycles. The van der Waals surface area contributed by atoms with Crippen LogP contribution >= 0.6 is 11.6 Å². The third-order valence-electron chi connectivity index (χ3n) is 5.50. The molecule has 4 rings (SSSR count). The monoisotopic (exact) mass is 521 g/mol. The van der Waals surface area contributed by atoms with Gasteiger partial charge in [-0.25, -0.2) is 4.90 Å². The van der Waals surface area contributed by atoms with Crippen LogP contribution in [0.25, 0.3) is 0 Å². The fraction of sp³-hybridized carbons (Fsp3) is 0.148. The Labute approximate surface area is 218 Å². The summed E-state index contributed by atoms with van der Waals surface area (Å²) in [4.78, 5) is 39.5. The molecule has 1 aliphatic rings. The predicted octanol–water partition coefficient (Wildman–Crippen LogP) is 4.79. The maximum Gasteiger partial charge on any atom is 0.283 e. The number of benzene rings is 3. The van der Waals surface area contributed by atoms with E-state index in [1.807, 2.05) is 6.92 Å². The zero-order valence-electron chi connectivity index (χ0n) is 20.3. The zero-order chi connectivity index (χ0) is 26.5. The summed E-state index contributed by atoms with van der Waals surface area (Å²) in [6.45, 7) is 2.36. The van der Waals surface area contributed by atoms with Crippen molar-refractivity contribution in [3.8, 4) is 17.2 Å². The highest BCUT2D eigenvalue weighted by atomic mass is 35.5. The van der Waals surface area contributed by atoms with E-state index in [-0.39, 0.29) is 16.6 Å². The van der Waals surface area contributed by atoms with Crippen LogP contribution in [0.2, 0.25) is 0 Å². The number of ether oxygens (including phenoxy) is 3. The van der Waals surface area contributed by atoms with E-state index in [2.05, 4.69) is 10.6 Å². The maximum atomic E-state index is 13.0. The average molecular weight is 522 g/mol. The number of amides is 3. The Morgan fingerprint density at radius 3 is 2.19 bits per heavy atom. The van der Waals surface area contributed by atoms with Gasteiger partial charge in [0.05, 0.1) is 32.2 Å². The molecule has 0 fully saturated rings. The number of carbonyl (C=O) groups is 3. The first-order valence-corrected chi connectivity index (χ1v) is 11.7. The van der Waals surface area contributed by atoms with E-state index < -0.39 is 11.8 Å². The van der Waals surface area contributed by atoms with Gasteiger partial charge in [-0.15, -0.1) is 0 Å². The number of nitrogens with one attached hydrogen (secondary N) is 2. The molecule has 0 atom stereocenters. The summed E-state index contributed by atoms with van der Waals surface area (Å²) in [5, 5.41) is 5.45. The van der Waals surface area contributed by atoms with Crippen molar-refractivity contribution in [3.05, 3.63) is 83.0 Å². The Balaban J connectivity index is 1.47. The Morgan fingerprint density at radius 1 is 0.892 bits per heavy atom. The molecule has 3 aromatic carbocycles. The van der Waals surface area contributed by atoms with Crippen LogP contribution in [0.15, 0.2) is 77.5 Å². The molecule has 3 amide bonds. The van der Waals surface area contributed by atoms with Gasteiger partial charge in [-0.3, -0.25) is 14.4 Å². The van der Waals surface area contributed by atoms with Gasteiger partial charge in [-0.05, 0) is 67.6 Å². The summed E-state index contributed by atoms with van der Waals surface area (Å²) in [7, 11) is 3.03. The van der Waals surface area contributed by atoms with E-state index in [0.29, 0.717) is 46.5 Å². The second kappa shape index (κ2) is 11.0. The quantitative estimate of drug-likeness (QED) is 0.390. The number of carbonyl (C=O) groups excluding carboxylic acids is 3. The van der Waals surface area contributed by atoms with Crippen LogP contribution in [0.5, 0.6) is 17.2 Å². The third-order valence-corrected chi connectivity index (χ3v) is 5.86. The van der Waals surface area contributed by atoms with Gasteiger partial charge in [0.25, 0.3) is 17.7 Å². The van der Waals surface area contributed by atoms with Crippen LogP contribution in [0.1, 0.15) is 17.3 Å². The number of hydrogen-bond acceptors (Lipinski definition) is 7. The molecule has 37 heavy (non-hydrogen) atoms. The van der Waals surface area contributed by atoms with Crippen LogP contribution in [-0.2, 0) is 9.59 Å². The molecule has 2 N–H and O–H groups in total. The lowest BCUT2D eigenvalue weighted by molar-refractivity contribution is -0.120. The first kappa shape index (κ1) is 25.6. The molecule has 10 heteroatoms. The van der Waals surface area contributed by atoms with Crippen LogP contribution in [-0.4, -0.2) is 38.5 Å². The molecule has 9 nitrogen and oxygen atoms in total. The minimum atomic E-state index is -0.637.